The lowest BCUT2D eigenvalue weighted by molar-refractivity contribution is -0.137. The smallest absolute Gasteiger partial charge is 0.304 e. The number of para-hydroxylation sites is 1. The summed E-state index contributed by atoms with van der Waals surface area (Å²) in [5, 5.41) is 9.11. The summed E-state index contributed by atoms with van der Waals surface area (Å²) in [6, 6.07) is 17.5. The van der Waals surface area contributed by atoms with Crippen LogP contribution >= 0.6 is 0 Å². The molecule has 2 aromatic rings. The lowest BCUT2D eigenvalue weighted by Gasteiger charge is -2.18. The maximum atomic E-state index is 11.1. The second kappa shape index (κ2) is 4.76. The molecule has 0 aromatic heterocycles. The van der Waals surface area contributed by atoms with E-state index in [1.54, 1.807) is 0 Å². The predicted octanol–water partition coefficient (Wildman–Crippen LogP) is 3.38. The van der Waals surface area contributed by atoms with Gasteiger partial charge >= 0.3 is 5.97 Å². The van der Waals surface area contributed by atoms with Gasteiger partial charge in [-0.3, -0.25) is 4.79 Å². The summed E-state index contributed by atoms with van der Waals surface area (Å²) in [5.41, 5.74) is 2.00. The van der Waals surface area contributed by atoms with Gasteiger partial charge in [0.2, 0.25) is 0 Å². The number of rotatable bonds is 3. The molecule has 0 amide bonds. The molecule has 1 aliphatic heterocycles. The van der Waals surface area contributed by atoms with Gasteiger partial charge < -0.3 is 9.84 Å². The molecule has 0 bridgehead atoms. The van der Waals surface area contributed by atoms with Crippen LogP contribution < -0.4 is 4.74 Å². The molecule has 2 atom stereocenters. The fourth-order valence-electron chi connectivity index (χ4n) is 2.62. The lowest BCUT2D eigenvalue weighted by atomic mass is 9.88. The summed E-state index contributed by atoms with van der Waals surface area (Å²) >= 11 is 0. The summed E-state index contributed by atoms with van der Waals surface area (Å²) in [5.74, 6) is -0.134. The minimum Gasteiger partial charge on any atom is -0.485 e. The number of carbonyl (C=O) groups is 1. The van der Waals surface area contributed by atoms with Crippen molar-refractivity contribution in [3.63, 3.8) is 0 Å². The highest BCUT2D eigenvalue weighted by Gasteiger charge is 2.36. The number of aliphatic carboxylic acids is 1. The predicted molar refractivity (Wildman–Crippen MR) is 71.2 cm³/mol. The number of carboxylic acid groups (broad SMARTS) is 1. The van der Waals surface area contributed by atoms with Crippen molar-refractivity contribution in [3.05, 3.63) is 65.7 Å². The van der Waals surface area contributed by atoms with Crippen LogP contribution in [0, 0.1) is 0 Å². The van der Waals surface area contributed by atoms with Gasteiger partial charge in [0, 0.05) is 11.5 Å². The van der Waals surface area contributed by atoms with Crippen molar-refractivity contribution >= 4 is 5.97 Å². The molecule has 96 valence electrons. The summed E-state index contributed by atoms with van der Waals surface area (Å²) < 4.78 is 5.94. The van der Waals surface area contributed by atoms with Crippen molar-refractivity contribution in [2.24, 2.45) is 0 Å². The van der Waals surface area contributed by atoms with E-state index in [4.69, 9.17) is 9.84 Å². The van der Waals surface area contributed by atoms with Crippen LogP contribution in [0.1, 0.15) is 29.6 Å². The van der Waals surface area contributed by atoms with Crippen LogP contribution in [0.4, 0.5) is 0 Å². The summed E-state index contributed by atoms with van der Waals surface area (Å²) in [6.07, 6.45) is -0.133. The van der Waals surface area contributed by atoms with E-state index in [2.05, 4.69) is 0 Å². The van der Waals surface area contributed by atoms with E-state index in [0.29, 0.717) is 0 Å². The SMILES string of the molecule is O=C(O)CC1c2ccccc2OC1c1ccccc1. The molecule has 19 heavy (non-hydrogen) atoms. The van der Waals surface area contributed by atoms with Crippen LogP contribution in [0.25, 0.3) is 0 Å². The van der Waals surface area contributed by atoms with Gasteiger partial charge in [0.15, 0.2) is 0 Å². The molecule has 0 spiro atoms. The molecule has 0 saturated heterocycles. The average molecular weight is 254 g/mol. The zero-order valence-corrected chi connectivity index (χ0v) is 10.3. The Bertz CT molecular complexity index is 592. The van der Waals surface area contributed by atoms with E-state index in [0.717, 1.165) is 16.9 Å². The average Bonchev–Trinajstić information content (AvgIpc) is 2.78. The molecule has 0 aliphatic carbocycles. The molecule has 0 fully saturated rings. The first-order valence-corrected chi connectivity index (χ1v) is 6.28. The van der Waals surface area contributed by atoms with Crippen LogP contribution in [0.3, 0.4) is 0 Å². The minimum absolute atomic E-state index is 0.0799. The Morgan fingerprint density at radius 3 is 2.47 bits per heavy atom. The highest BCUT2D eigenvalue weighted by atomic mass is 16.5. The fourth-order valence-corrected chi connectivity index (χ4v) is 2.62. The van der Waals surface area contributed by atoms with Gasteiger partial charge in [-0.1, -0.05) is 48.5 Å². The number of hydrogen-bond acceptors (Lipinski definition) is 2. The molecule has 2 unspecified atom stereocenters. The molecule has 3 heteroatoms. The van der Waals surface area contributed by atoms with E-state index >= 15 is 0 Å². The van der Waals surface area contributed by atoms with E-state index < -0.39 is 5.97 Å². The monoisotopic (exact) mass is 254 g/mol. The van der Waals surface area contributed by atoms with Crippen molar-refractivity contribution in [2.75, 3.05) is 0 Å². The lowest BCUT2D eigenvalue weighted by Crippen LogP contribution is -2.13. The standard InChI is InChI=1S/C16H14O3/c17-15(18)10-13-12-8-4-5-9-14(12)19-16(13)11-6-2-1-3-7-11/h1-9,13,16H,10H2,(H,17,18). The van der Waals surface area contributed by atoms with Crippen molar-refractivity contribution in [2.45, 2.75) is 18.4 Å². The summed E-state index contributed by atoms with van der Waals surface area (Å²) in [7, 11) is 0. The second-order valence-electron chi connectivity index (χ2n) is 4.69. The van der Waals surface area contributed by atoms with Gasteiger partial charge in [-0.05, 0) is 11.6 Å². The molecule has 0 radical (unpaired) electrons. The Hall–Kier alpha value is -2.29. The summed E-state index contributed by atoms with van der Waals surface area (Å²) in [4.78, 5) is 11.1. The molecular weight excluding hydrogens is 240 g/mol. The van der Waals surface area contributed by atoms with Gasteiger partial charge in [-0.25, -0.2) is 0 Å². The van der Waals surface area contributed by atoms with Gasteiger partial charge in [0.1, 0.15) is 11.9 Å². The largest absolute Gasteiger partial charge is 0.485 e. The Balaban J connectivity index is 2.00. The van der Waals surface area contributed by atoms with Crippen LogP contribution in [0.2, 0.25) is 0 Å². The molecule has 3 nitrogen and oxygen atoms in total. The molecule has 1 N–H and O–H groups in total. The molecular formula is C16H14O3. The number of ether oxygens (including phenoxy) is 1. The number of hydrogen-bond donors (Lipinski definition) is 1. The van der Waals surface area contributed by atoms with Crippen LogP contribution in [-0.2, 0) is 4.79 Å². The van der Waals surface area contributed by atoms with Crippen LogP contribution in [0.5, 0.6) is 5.75 Å². The third-order valence-electron chi connectivity index (χ3n) is 3.46. The Morgan fingerprint density at radius 2 is 1.74 bits per heavy atom. The number of fused-ring (bicyclic) bond motifs is 1. The zero-order valence-electron chi connectivity index (χ0n) is 10.3. The highest BCUT2D eigenvalue weighted by molar-refractivity contribution is 5.69. The first-order chi connectivity index (χ1) is 9.25. The van der Waals surface area contributed by atoms with Gasteiger partial charge in [0.25, 0.3) is 0 Å². The number of carboxylic acids is 1. The first kappa shape index (κ1) is 11.8. The topological polar surface area (TPSA) is 46.5 Å². The molecule has 2 aromatic carbocycles. The Kier molecular flexibility index (Phi) is 2.95. The van der Waals surface area contributed by atoms with E-state index in [1.807, 2.05) is 54.6 Å². The van der Waals surface area contributed by atoms with Crippen LogP contribution in [-0.4, -0.2) is 11.1 Å². The summed E-state index contributed by atoms with van der Waals surface area (Å²) in [6.45, 7) is 0. The van der Waals surface area contributed by atoms with Crippen molar-refractivity contribution in [3.8, 4) is 5.75 Å². The molecule has 1 heterocycles. The Morgan fingerprint density at radius 1 is 1.05 bits per heavy atom. The van der Waals surface area contributed by atoms with Gasteiger partial charge in [-0.2, -0.15) is 0 Å². The third kappa shape index (κ3) is 2.19. The zero-order chi connectivity index (χ0) is 13.2. The fraction of sp³-hybridized carbons (Fsp3) is 0.188. The van der Waals surface area contributed by atoms with Gasteiger partial charge in [0.05, 0.1) is 6.42 Å². The molecule has 1 aliphatic rings. The molecule has 0 saturated carbocycles. The van der Waals surface area contributed by atoms with Crippen molar-refractivity contribution < 1.29 is 14.6 Å². The second-order valence-corrected chi connectivity index (χ2v) is 4.69. The van der Waals surface area contributed by atoms with Crippen LogP contribution in [0.15, 0.2) is 54.6 Å². The maximum absolute atomic E-state index is 11.1. The number of benzene rings is 2. The van der Waals surface area contributed by atoms with E-state index in [9.17, 15) is 4.79 Å². The maximum Gasteiger partial charge on any atom is 0.304 e. The van der Waals surface area contributed by atoms with Gasteiger partial charge in [-0.15, -0.1) is 0 Å². The molecule has 3 rings (SSSR count). The first-order valence-electron chi connectivity index (χ1n) is 6.28. The minimum atomic E-state index is -0.800. The third-order valence-corrected chi connectivity index (χ3v) is 3.46. The highest BCUT2D eigenvalue weighted by Crippen LogP contribution is 2.47. The normalized spacial score (nSPS) is 20.6. The quantitative estimate of drug-likeness (QED) is 0.913. The van der Waals surface area contributed by atoms with E-state index in [1.165, 1.54) is 0 Å². The van der Waals surface area contributed by atoms with Crippen molar-refractivity contribution in [1.29, 1.82) is 0 Å². The van der Waals surface area contributed by atoms with Crippen molar-refractivity contribution in [1.82, 2.24) is 0 Å². The Labute approximate surface area is 111 Å². The van der Waals surface area contributed by atoms with E-state index in [-0.39, 0.29) is 18.4 Å².